The van der Waals surface area contributed by atoms with Crippen molar-refractivity contribution in [3.63, 3.8) is 0 Å². The SMILES string of the molecule is O=C(NC(c1ccccc1)c1ccccc1)N1CCN(c2cc3c(nn2)CCCC3)CC1. The molecule has 1 aliphatic heterocycles. The summed E-state index contributed by atoms with van der Waals surface area (Å²) in [4.78, 5) is 17.3. The van der Waals surface area contributed by atoms with E-state index in [9.17, 15) is 4.79 Å². The number of carbonyl (C=O) groups excluding carboxylic acids is 1. The van der Waals surface area contributed by atoms with Gasteiger partial charge in [0.25, 0.3) is 0 Å². The van der Waals surface area contributed by atoms with E-state index in [1.807, 2.05) is 41.3 Å². The molecular formula is C26H29N5O. The first-order chi connectivity index (χ1) is 15.8. The van der Waals surface area contributed by atoms with Crippen molar-refractivity contribution in [2.75, 3.05) is 31.1 Å². The minimum absolute atomic E-state index is 0.0288. The molecule has 2 heterocycles. The van der Waals surface area contributed by atoms with Crippen LogP contribution in [0.2, 0.25) is 0 Å². The Kier molecular flexibility index (Phi) is 6.01. The molecule has 5 rings (SSSR count). The third-order valence-corrected chi connectivity index (χ3v) is 6.48. The van der Waals surface area contributed by atoms with Crippen molar-refractivity contribution in [3.05, 3.63) is 89.1 Å². The normalized spacial score (nSPS) is 16.0. The predicted octanol–water partition coefficient (Wildman–Crippen LogP) is 3.98. The number of fused-ring (bicyclic) bond motifs is 1. The van der Waals surface area contributed by atoms with E-state index in [-0.39, 0.29) is 12.1 Å². The van der Waals surface area contributed by atoms with E-state index in [0.29, 0.717) is 13.1 Å². The highest BCUT2D eigenvalue weighted by molar-refractivity contribution is 5.75. The zero-order valence-corrected chi connectivity index (χ0v) is 18.3. The van der Waals surface area contributed by atoms with Gasteiger partial charge in [-0.05, 0) is 48.4 Å². The largest absolute Gasteiger partial charge is 0.352 e. The molecule has 6 heteroatoms. The van der Waals surface area contributed by atoms with Gasteiger partial charge in [-0.3, -0.25) is 0 Å². The fraction of sp³-hybridized carbons (Fsp3) is 0.346. The lowest BCUT2D eigenvalue weighted by Crippen LogP contribution is -2.52. The van der Waals surface area contributed by atoms with Crippen molar-refractivity contribution < 1.29 is 4.79 Å². The second-order valence-electron chi connectivity index (χ2n) is 8.56. The van der Waals surface area contributed by atoms with E-state index < -0.39 is 0 Å². The summed E-state index contributed by atoms with van der Waals surface area (Å²) < 4.78 is 0. The van der Waals surface area contributed by atoms with Crippen LogP contribution in [-0.2, 0) is 12.8 Å². The Hall–Kier alpha value is -3.41. The number of aryl methyl sites for hydroxylation is 2. The third-order valence-electron chi connectivity index (χ3n) is 6.48. The third kappa shape index (κ3) is 4.44. The lowest BCUT2D eigenvalue weighted by molar-refractivity contribution is 0.192. The second kappa shape index (κ2) is 9.39. The molecule has 32 heavy (non-hydrogen) atoms. The van der Waals surface area contributed by atoms with Crippen molar-refractivity contribution >= 4 is 11.8 Å². The summed E-state index contributed by atoms with van der Waals surface area (Å²) in [6, 6.07) is 22.3. The molecule has 0 unspecified atom stereocenters. The smallest absolute Gasteiger partial charge is 0.318 e. The Balaban J connectivity index is 1.25. The van der Waals surface area contributed by atoms with Gasteiger partial charge >= 0.3 is 6.03 Å². The van der Waals surface area contributed by atoms with Gasteiger partial charge in [0.05, 0.1) is 11.7 Å². The van der Waals surface area contributed by atoms with Crippen LogP contribution in [0.4, 0.5) is 10.6 Å². The number of nitrogens with zero attached hydrogens (tertiary/aromatic N) is 4. The van der Waals surface area contributed by atoms with Crippen LogP contribution in [0.1, 0.15) is 41.3 Å². The first-order valence-corrected chi connectivity index (χ1v) is 11.5. The average molecular weight is 428 g/mol. The molecule has 2 aliphatic rings. The molecule has 0 bridgehead atoms. The lowest BCUT2D eigenvalue weighted by atomic mass is 9.97. The molecule has 0 spiro atoms. The van der Waals surface area contributed by atoms with Crippen LogP contribution in [0, 0.1) is 0 Å². The number of hydrogen-bond donors (Lipinski definition) is 1. The number of benzene rings is 2. The monoisotopic (exact) mass is 427 g/mol. The van der Waals surface area contributed by atoms with Crippen molar-refractivity contribution in [2.45, 2.75) is 31.7 Å². The Morgan fingerprint density at radius 1 is 0.812 bits per heavy atom. The van der Waals surface area contributed by atoms with E-state index in [1.54, 1.807) is 0 Å². The molecule has 0 atom stereocenters. The van der Waals surface area contributed by atoms with Crippen LogP contribution >= 0.6 is 0 Å². The Labute approximate surface area is 189 Å². The van der Waals surface area contributed by atoms with Gasteiger partial charge in [-0.2, -0.15) is 5.10 Å². The van der Waals surface area contributed by atoms with E-state index in [1.165, 1.54) is 18.4 Å². The highest BCUT2D eigenvalue weighted by Gasteiger charge is 2.25. The summed E-state index contributed by atoms with van der Waals surface area (Å²) in [6.45, 7) is 2.87. The minimum atomic E-state index is -0.172. The van der Waals surface area contributed by atoms with Crippen molar-refractivity contribution in [3.8, 4) is 0 Å². The number of anilines is 1. The molecule has 164 valence electrons. The van der Waals surface area contributed by atoms with Gasteiger partial charge in [0.1, 0.15) is 0 Å². The quantitative estimate of drug-likeness (QED) is 0.684. The molecule has 2 aromatic carbocycles. The number of rotatable bonds is 4. The van der Waals surface area contributed by atoms with Crippen LogP contribution in [0.15, 0.2) is 66.7 Å². The van der Waals surface area contributed by atoms with Gasteiger partial charge in [-0.15, -0.1) is 5.10 Å². The molecule has 3 aromatic rings. The van der Waals surface area contributed by atoms with Gasteiger partial charge in [0.2, 0.25) is 0 Å². The van der Waals surface area contributed by atoms with Crippen LogP contribution in [0.5, 0.6) is 0 Å². The number of hydrogen-bond acceptors (Lipinski definition) is 4. The van der Waals surface area contributed by atoms with Gasteiger partial charge in [0, 0.05) is 26.2 Å². The van der Waals surface area contributed by atoms with Crippen molar-refractivity contribution in [1.82, 2.24) is 20.4 Å². The molecule has 1 aliphatic carbocycles. The van der Waals surface area contributed by atoms with Crippen molar-refractivity contribution in [2.24, 2.45) is 0 Å². The topological polar surface area (TPSA) is 61.4 Å². The van der Waals surface area contributed by atoms with Gasteiger partial charge < -0.3 is 15.1 Å². The number of aromatic nitrogens is 2. The van der Waals surface area contributed by atoms with Crippen molar-refractivity contribution in [1.29, 1.82) is 0 Å². The molecule has 1 aromatic heterocycles. The van der Waals surface area contributed by atoms with Crippen LogP contribution in [0.25, 0.3) is 0 Å². The molecule has 0 saturated carbocycles. The second-order valence-corrected chi connectivity index (χ2v) is 8.56. The van der Waals surface area contributed by atoms with Crippen LogP contribution in [0.3, 0.4) is 0 Å². The number of amides is 2. The van der Waals surface area contributed by atoms with Crippen LogP contribution in [-0.4, -0.2) is 47.3 Å². The highest BCUT2D eigenvalue weighted by atomic mass is 16.2. The number of carbonyl (C=O) groups is 1. The Morgan fingerprint density at radius 3 is 2.09 bits per heavy atom. The molecule has 6 nitrogen and oxygen atoms in total. The fourth-order valence-electron chi connectivity index (χ4n) is 4.64. The molecular weight excluding hydrogens is 398 g/mol. The maximum Gasteiger partial charge on any atom is 0.318 e. The number of nitrogens with one attached hydrogen (secondary N) is 1. The minimum Gasteiger partial charge on any atom is -0.352 e. The summed E-state index contributed by atoms with van der Waals surface area (Å²) in [7, 11) is 0. The highest BCUT2D eigenvalue weighted by Crippen LogP contribution is 2.24. The van der Waals surface area contributed by atoms with Gasteiger partial charge in [-0.1, -0.05) is 60.7 Å². The molecule has 1 fully saturated rings. The zero-order valence-electron chi connectivity index (χ0n) is 18.3. The Bertz CT molecular complexity index is 1010. The molecule has 1 N–H and O–H groups in total. The first-order valence-electron chi connectivity index (χ1n) is 11.5. The summed E-state index contributed by atoms with van der Waals surface area (Å²) in [5, 5.41) is 12.2. The standard InChI is InChI=1S/C26H29N5O/c32-26(27-25(20-9-3-1-4-10-20)21-11-5-2-6-12-21)31-17-15-30(16-18-31)24-19-22-13-7-8-14-23(22)28-29-24/h1-6,9-12,19,25H,7-8,13-18H2,(H,27,32). The van der Waals surface area contributed by atoms with E-state index in [2.05, 4.69) is 50.7 Å². The maximum atomic E-state index is 13.2. The molecule has 2 amide bonds. The molecule has 0 radical (unpaired) electrons. The van der Waals surface area contributed by atoms with E-state index in [0.717, 1.165) is 48.6 Å². The van der Waals surface area contributed by atoms with Crippen LogP contribution < -0.4 is 10.2 Å². The summed E-state index contributed by atoms with van der Waals surface area (Å²) in [5.41, 5.74) is 4.66. The lowest BCUT2D eigenvalue weighted by Gasteiger charge is -2.36. The average Bonchev–Trinajstić information content (AvgIpc) is 2.88. The van der Waals surface area contributed by atoms with Gasteiger partial charge in [0.15, 0.2) is 5.82 Å². The number of urea groups is 1. The molecule has 1 saturated heterocycles. The maximum absolute atomic E-state index is 13.2. The summed E-state index contributed by atoms with van der Waals surface area (Å²) >= 11 is 0. The zero-order chi connectivity index (χ0) is 21.8. The van der Waals surface area contributed by atoms with E-state index >= 15 is 0 Å². The predicted molar refractivity (Wildman–Crippen MR) is 126 cm³/mol. The Morgan fingerprint density at radius 2 is 1.44 bits per heavy atom. The first kappa shape index (κ1) is 20.5. The summed E-state index contributed by atoms with van der Waals surface area (Å²) in [6.07, 6.45) is 4.58. The number of piperazine rings is 1. The summed E-state index contributed by atoms with van der Waals surface area (Å²) in [5.74, 6) is 0.942. The van der Waals surface area contributed by atoms with E-state index in [4.69, 9.17) is 0 Å². The van der Waals surface area contributed by atoms with Gasteiger partial charge in [-0.25, -0.2) is 4.79 Å². The fourth-order valence-corrected chi connectivity index (χ4v) is 4.64.